The van der Waals surface area contributed by atoms with Gasteiger partial charge in [0.25, 0.3) is 0 Å². The van der Waals surface area contributed by atoms with Crippen LogP contribution >= 0.6 is 0 Å². The zero-order valence-electron chi connectivity index (χ0n) is 19.0. The largest absolute Gasteiger partial charge is 0.508 e. The number of ether oxygens (including phenoxy) is 1. The van der Waals surface area contributed by atoms with E-state index in [2.05, 4.69) is 13.8 Å². The van der Waals surface area contributed by atoms with Crippen molar-refractivity contribution in [1.82, 2.24) is 0 Å². The minimum atomic E-state index is 0.465. The molecule has 28 heavy (non-hydrogen) atoms. The first-order chi connectivity index (χ1) is 13.7. The molecule has 0 aliphatic heterocycles. The number of hydrogen-bond donors (Lipinski definition) is 1. The predicted molar refractivity (Wildman–Crippen MR) is 123 cm³/mol. The summed E-state index contributed by atoms with van der Waals surface area (Å²) in [4.78, 5) is 0. The zero-order chi connectivity index (χ0) is 20.5. The molecule has 0 fully saturated rings. The standard InChI is InChI=1S/C26H46O2/c1-4-7-9-11-13-15-17-19-23-24(20-18-16-14-12-10-8-5-2)26(28-6-3)22-21-25(23)27/h21-22,27H,4-20H2,1-3H3. The van der Waals surface area contributed by atoms with E-state index in [9.17, 15) is 5.11 Å². The summed E-state index contributed by atoms with van der Waals surface area (Å²) in [7, 11) is 0. The molecule has 2 heteroatoms. The van der Waals surface area contributed by atoms with Crippen LogP contribution < -0.4 is 4.74 Å². The normalized spacial score (nSPS) is 11.1. The molecule has 0 aliphatic carbocycles. The number of aromatic hydroxyl groups is 1. The summed E-state index contributed by atoms with van der Waals surface area (Å²) in [5.41, 5.74) is 2.41. The molecule has 1 aromatic rings. The molecule has 0 saturated carbocycles. The maximum Gasteiger partial charge on any atom is 0.123 e. The Kier molecular flexibility index (Phi) is 14.9. The van der Waals surface area contributed by atoms with Crippen molar-refractivity contribution >= 4 is 0 Å². The molecule has 0 saturated heterocycles. The van der Waals surface area contributed by atoms with Gasteiger partial charge < -0.3 is 9.84 Å². The minimum Gasteiger partial charge on any atom is -0.508 e. The highest BCUT2D eigenvalue weighted by Crippen LogP contribution is 2.33. The first kappa shape index (κ1) is 24.9. The first-order valence-corrected chi connectivity index (χ1v) is 12.2. The van der Waals surface area contributed by atoms with Crippen molar-refractivity contribution < 1.29 is 9.84 Å². The third-order valence-corrected chi connectivity index (χ3v) is 5.72. The van der Waals surface area contributed by atoms with Gasteiger partial charge in [0.05, 0.1) is 6.61 Å². The van der Waals surface area contributed by atoms with E-state index in [0.717, 1.165) is 24.2 Å². The van der Waals surface area contributed by atoms with E-state index in [0.29, 0.717) is 12.4 Å². The van der Waals surface area contributed by atoms with Crippen LogP contribution in [0.2, 0.25) is 0 Å². The molecule has 0 heterocycles. The van der Waals surface area contributed by atoms with Gasteiger partial charge >= 0.3 is 0 Å². The molecule has 0 radical (unpaired) electrons. The monoisotopic (exact) mass is 390 g/mol. The number of benzene rings is 1. The smallest absolute Gasteiger partial charge is 0.123 e. The lowest BCUT2D eigenvalue weighted by Gasteiger charge is -2.17. The zero-order valence-corrected chi connectivity index (χ0v) is 19.0. The second-order valence-corrected chi connectivity index (χ2v) is 8.22. The molecular formula is C26H46O2. The van der Waals surface area contributed by atoms with Crippen LogP contribution in [-0.2, 0) is 12.8 Å². The van der Waals surface area contributed by atoms with Gasteiger partial charge in [0.1, 0.15) is 11.5 Å². The maximum atomic E-state index is 10.5. The van der Waals surface area contributed by atoms with E-state index in [1.54, 1.807) is 0 Å². The van der Waals surface area contributed by atoms with Crippen LogP contribution in [-0.4, -0.2) is 11.7 Å². The fraction of sp³-hybridized carbons (Fsp3) is 0.769. The van der Waals surface area contributed by atoms with Crippen LogP contribution in [0, 0.1) is 0 Å². The molecule has 162 valence electrons. The molecule has 0 spiro atoms. The molecule has 1 aromatic carbocycles. The Bertz CT molecular complexity index is 495. The topological polar surface area (TPSA) is 29.5 Å². The van der Waals surface area contributed by atoms with Crippen molar-refractivity contribution in [2.45, 2.75) is 124 Å². The molecule has 1 N–H and O–H groups in total. The molecule has 2 nitrogen and oxygen atoms in total. The van der Waals surface area contributed by atoms with Gasteiger partial charge in [0.2, 0.25) is 0 Å². The number of phenolic OH excluding ortho intramolecular Hbond substituents is 1. The Labute approximate surface area is 175 Å². The summed E-state index contributed by atoms with van der Waals surface area (Å²) in [5.74, 6) is 1.46. The van der Waals surface area contributed by atoms with Crippen molar-refractivity contribution in [2.24, 2.45) is 0 Å². The van der Waals surface area contributed by atoms with Crippen LogP contribution in [0.4, 0.5) is 0 Å². The Balaban J connectivity index is 2.54. The molecule has 0 aromatic heterocycles. The summed E-state index contributed by atoms with van der Waals surface area (Å²) < 4.78 is 5.90. The molecular weight excluding hydrogens is 344 g/mol. The summed E-state index contributed by atoms with van der Waals surface area (Å²) in [6.07, 6.45) is 20.3. The molecule has 1 rings (SSSR count). The van der Waals surface area contributed by atoms with Crippen LogP contribution in [0.3, 0.4) is 0 Å². The average molecular weight is 391 g/mol. The van der Waals surface area contributed by atoms with Crippen molar-refractivity contribution in [3.63, 3.8) is 0 Å². The van der Waals surface area contributed by atoms with Crippen molar-refractivity contribution in [3.8, 4) is 11.5 Å². The summed E-state index contributed by atoms with van der Waals surface area (Å²) in [5, 5.41) is 10.5. The predicted octanol–water partition coefficient (Wildman–Crippen LogP) is 8.38. The number of unbranched alkanes of at least 4 members (excludes halogenated alkanes) is 12. The van der Waals surface area contributed by atoms with E-state index >= 15 is 0 Å². The average Bonchev–Trinajstić information content (AvgIpc) is 2.70. The van der Waals surface area contributed by atoms with Crippen molar-refractivity contribution in [2.75, 3.05) is 6.61 Å². The molecule has 0 bridgehead atoms. The van der Waals surface area contributed by atoms with Crippen molar-refractivity contribution in [3.05, 3.63) is 23.3 Å². The minimum absolute atomic E-state index is 0.465. The Morgan fingerprint density at radius 2 is 1.07 bits per heavy atom. The third-order valence-electron chi connectivity index (χ3n) is 5.72. The first-order valence-electron chi connectivity index (χ1n) is 12.2. The highest BCUT2D eigenvalue weighted by Gasteiger charge is 2.14. The fourth-order valence-corrected chi connectivity index (χ4v) is 4.02. The maximum absolute atomic E-state index is 10.5. The summed E-state index contributed by atoms with van der Waals surface area (Å²) in [6, 6.07) is 3.79. The van der Waals surface area contributed by atoms with Gasteiger partial charge in [0, 0.05) is 11.1 Å². The number of phenols is 1. The van der Waals surface area contributed by atoms with E-state index < -0.39 is 0 Å². The Hall–Kier alpha value is -1.18. The van der Waals surface area contributed by atoms with E-state index in [1.165, 1.54) is 95.5 Å². The Morgan fingerprint density at radius 1 is 0.607 bits per heavy atom. The van der Waals surface area contributed by atoms with E-state index in [-0.39, 0.29) is 0 Å². The van der Waals surface area contributed by atoms with Gasteiger partial charge in [-0.2, -0.15) is 0 Å². The molecule has 0 aliphatic rings. The van der Waals surface area contributed by atoms with Gasteiger partial charge in [-0.3, -0.25) is 0 Å². The number of rotatable bonds is 18. The third kappa shape index (κ3) is 10.4. The fourth-order valence-electron chi connectivity index (χ4n) is 4.02. The van der Waals surface area contributed by atoms with Gasteiger partial charge in [-0.15, -0.1) is 0 Å². The summed E-state index contributed by atoms with van der Waals surface area (Å²) in [6.45, 7) is 7.26. The quantitative estimate of drug-likeness (QED) is 0.255. The molecule has 0 unspecified atom stereocenters. The SMILES string of the molecule is CCCCCCCCCc1c(O)ccc(OCC)c1CCCCCCCCC. The number of hydrogen-bond acceptors (Lipinski definition) is 2. The Morgan fingerprint density at radius 3 is 1.57 bits per heavy atom. The highest BCUT2D eigenvalue weighted by atomic mass is 16.5. The summed E-state index contributed by atoms with van der Waals surface area (Å²) >= 11 is 0. The van der Waals surface area contributed by atoms with Crippen LogP contribution in [0.25, 0.3) is 0 Å². The van der Waals surface area contributed by atoms with Gasteiger partial charge in [-0.1, -0.05) is 90.9 Å². The van der Waals surface area contributed by atoms with E-state index in [1.807, 2.05) is 19.1 Å². The molecule has 0 amide bonds. The van der Waals surface area contributed by atoms with Crippen LogP contribution in [0.5, 0.6) is 11.5 Å². The van der Waals surface area contributed by atoms with Crippen LogP contribution in [0.15, 0.2) is 12.1 Å². The van der Waals surface area contributed by atoms with E-state index in [4.69, 9.17) is 4.74 Å². The van der Waals surface area contributed by atoms with Crippen molar-refractivity contribution in [1.29, 1.82) is 0 Å². The lowest BCUT2D eigenvalue weighted by molar-refractivity contribution is 0.334. The van der Waals surface area contributed by atoms with Crippen LogP contribution in [0.1, 0.15) is 122 Å². The second kappa shape index (κ2) is 16.7. The second-order valence-electron chi connectivity index (χ2n) is 8.22. The lowest BCUT2D eigenvalue weighted by Crippen LogP contribution is -2.02. The van der Waals surface area contributed by atoms with Gasteiger partial charge in [-0.05, 0) is 44.7 Å². The molecule has 0 atom stereocenters. The lowest BCUT2D eigenvalue weighted by atomic mass is 9.94. The van der Waals surface area contributed by atoms with Gasteiger partial charge in [0.15, 0.2) is 0 Å². The van der Waals surface area contributed by atoms with Gasteiger partial charge in [-0.25, -0.2) is 0 Å². The highest BCUT2D eigenvalue weighted by molar-refractivity contribution is 5.48.